The quantitative estimate of drug-likeness (QED) is 0.459. The Morgan fingerprint density at radius 1 is 1.29 bits per heavy atom. The molecule has 3 atom stereocenters. The minimum Gasteiger partial charge on any atom is -0.481 e. The first-order valence-electron chi connectivity index (χ1n) is 6.43. The standard InChI is InChI=1S/C12H18N2O7/c1-6(15)14(9(12(20)21)2-3-10(17)18)11(19)8-4-7(16)5-13-8/h7-9,13,16H,2-5H2,1H3,(H,17,18)(H,20,21). The Morgan fingerprint density at radius 3 is 2.29 bits per heavy atom. The van der Waals surface area contributed by atoms with E-state index in [4.69, 9.17) is 10.2 Å². The second-order valence-electron chi connectivity index (χ2n) is 4.86. The molecule has 118 valence electrons. The van der Waals surface area contributed by atoms with Gasteiger partial charge < -0.3 is 20.6 Å². The Morgan fingerprint density at radius 2 is 1.90 bits per heavy atom. The highest BCUT2D eigenvalue weighted by atomic mass is 16.4. The largest absolute Gasteiger partial charge is 0.481 e. The van der Waals surface area contributed by atoms with Gasteiger partial charge in [-0.3, -0.25) is 19.3 Å². The van der Waals surface area contributed by atoms with E-state index < -0.39 is 48.4 Å². The fraction of sp³-hybridized carbons (Fsp3) is 0.667. The van der Waals surface area contributed by atoms with Crippen LogP contribution < -0.4 is 5.32 Å². The molecule has 0 radical (unpaired) electrons. The maximum atomic E-state index is 12.2. The predicted octanol–water partition coefficient (Wildman–Crippen LogP) is -1.60. The van der Waals surface area contributed by atoms with E-state index >= 15 is 0 Å². The highest BCUT2D eigenvalue weighted by Gasteiger charge is 2.39. The Balaban J connectivity index is 2.90. The number of rotatable bonds is 6. The van der Waals surface area contributed by atoms with Crippen LogP contribution in [0.4, 0.5) is 0 Å². The number of carboxylic acids is 2. The number of nitrogens with one attached hydrogen (secondary N) is 1. The van der Waals surface area contributed by atoms with Crippen LogP contribution in [0.2, 0.25) is 0 Å². The third-order valence-corrected chi connectivity index (χ3v) is 3.21. The summed E-state index contributed by atoms with van der Waals surface area (Å²) in [5.41, 5.74) is 0. The van der Waals surface area contributed by atoms with Gasteiger partial charge in [-0.15, -0.1) is 0 Å². The Bertz CT molecular complexity index is 451. The lowest BCUT2D eigenvalue weighted by Gasteiger charge is -2.28. The van der Waals surface area contributed by atoms with E-state index in [-0.39, 0.29) is 19.4 Å². The average molecular weight is 302 g/mol. The summed E-state index contributed by atoms with van der Waals surface area (Å²) in [6, 6.07) is -2.39. The van der Waals surface area contributed by atoms with E-state index in [0.29, 0.717) is 4.90 Å². The summed E-state index contributed by atoms with van der Waals surface area (Å²) in [7, 11) is 0. The van der Waals surface area contributed by atoms with Gasteiger partial charge in [-0.05, 0) is 12.8 Å². The van der Waals surface area contributed by atoms with Crippen LogP contribution in [0.25, 0.3) is 0 Å². The van der Waals surface area contributed by atoms with Crippen LogP contribution in [0.15, 0.2) is 0 Å². The fourth-order valence-corrected chi connectivity index (χ4v) is 2.22. The van der Waals surface area contributed by atoms with Crippen molar-refractivity contribution in [3.05, 3.63) is 0 Å². The molecule has 1 saturated heterocycles. The summed E-state index contributed by atoms with van der Waals surface area (Å²) in [6.45, 7) is 1.22. The summed E-state index contributed by atoms with van der Waals surface area (Å²) in [5, 5.41) is 29.8. The van der Waals surface area contributed by atoms with E-state index in [1.54, 1.807) is 0 Å². The molecule has 1 fully saturated rings. The maximum Gasteiger partial charge on any atom is 0.326 e. The smallest absolute Gasteiger partial charge is 0.326 e. The van der Waals surface area contributed by atoms with Crippen molar-refractivity contribution in [2.45, 2.75) is 44.4 Å². The molecule has 21 heavy (non-hydrogen) atoms. The summed E-state index contributed by atoms with van der Waals surface area (Å²) in [4.78, 5) is 46.2. The molecular formula is C12H18N2O7. The first-order chi connectivity index (χ1) is 9.73. The van der Waals surface area contributed by atoms with Crippen molar-refractivity contribution in [2.75, 3.05) is 6.54 Å². The van der Waals surface area contributed by atoms with E-state index in [1.165, 1.54) is 0 Å². The molecular weight excluding hydrogens is 284 g/mol. The van der Waals surface area contributed by atoms with Crippen molar-refractivity contribution in [1.82, 2.24) is 10.2 Å². The number of carboxylic acid groups (broad SMARTS) is 2. The van der Waals surface area contributed by atoms with Gasteiger partial charge in [-0.25, -0.2) is 4.79 Å². The van der Waals surface area contributed by atoms with Gasteiger partial charge in [0.2, 0.25) is 11.8 Å². The lowest BCUT2D eigenvalue weighted by Crippen LogP contribution is -2.53. The number of aliphatic hydroxyl groups excluding tert-OH is 1. The molecule has 1 heterocycles. The molecule has 1 rings (SSSR count). The fourth-order valence-electron chi connectivity index (χ4n) is 2.22. The topological polar surface area (TPSA) is 144 Å². The zero-order valence-electron chi connectivity index (χ0n) is 11.5. The third-order valence-electron chi connectivity index (χ3n) is 3.21. The molecule has 9 nitrogen and oxygen atoms in total. The SMILES string of the molecule is CC(=O)N(C(=O)C1CC(O)CN1)C(CCC(=O)O)C(=O)O. The molecule has 0 aromatic carbocycles. The summed E-state index contributed by atoms with van der Waals surface area (Å²) >= 11 is 0. The number of hydrogen-bond donors (Lipinski definition) is 4. The van der Waals surface area contributed by atoms with Gasteiger partial charge in [-0.2, -0.15) is 0 Å². The van der Waals surface area contributed by atoms with Gasteiger partial charge in [0.25, 0.3) is 0 Å². The van der Waals surface area contributed by atoms with Gasteiger partial charge in [0.05, 0.1) is 12.1 Å². The highest BCUT2D eigenvalue weighted by Crippen LogP contribution is 2.15. The van der Waals surface area contributed by atoms with Crippen molar-refractivity contribution >= 4 is 23.8 Å². The van der Waals surface area contributed by atoms with Crippen LogP contribution in [-0.4, -0.2) is 68.7 Å². The number of aliphatic hydroxyl groups is 1. The van der Waals surface area contributed by atoms with Gasteiger partial charge in [0.1, 0.15) is 6.04 Å². The molecule has 1 aliphatic heterocycles. The summed E-state index contributed by atoms with van der Waals surface area (Å²) in [5.74, 6) is -4.21. The molecule has 4 N–H and O–H groups in total. The lowest BCUT2D eigenvalue weighted by atomic mass is 10.1. The Hall–Kier alpha value is -2.00. The second kappa shape index (κ2) is 7.14. The molecule has 1 aliphatic rings. The van der Waals surface area contributed by atoms with Gasteiger partial charge >= 0.3 is 11.9 Å². The maximum absolute atomic E-state index is 12.2. The molecule has 3 unspecified atom stereocenters. The minimum atomic E-state index is -1.54. The lowest BCUT2D eigenvalue weighted by molar-refractivity contribution is -0.159. The van der Waals surface area contributed by atoms with Crippen molar-refractivity contribution < 1.29 is 34.5 Å². The number of amides is 2. The molecule has 0 aliphatic carbocycles. The highest BCUT2D eigenvalue weighted by molar-refractivity contribution is 6.00. The number of carbonyl (C=O) groups is 4. The van der Waals surface area contributed by atoms with Gasteiger partial charge in [0.15, 0.2) is 0 Å². The van der Waals surface area contributed by atoms with Crippen LogP contribution >= 0.6 is 0 Å². The molecule has 9 heteroatoms. The van der Waals surface area contributed by atoms with Crippen molar-refractivity contribution in [3.63, 3.8) is 0 Å². The Labute approximate surface area is 120 Å². The number of hydrogen-bond acceptors (Lipinski definition) is 6. The minimum absolute atomic E-state index is 0.0773. The van der Waals surface area contributed by atoms with Crippen molar-refractivity contribution in [2.24, 2.45) is 0 Å². The summed E-state index contributed by atoms with van der Waals surface area (Å²) < 4.78 is 0. The molecule has 0 spiro atoms. The third kappa shape index (κ3) is 4.50. The monoisotopic (exact) mass is 302 g/mol. The van der Waals surface area contributed by atoms with Crippen LogP contribution in [0, 0.1) is 0 Å². The van der Waals surface area contributed by atoms with E-state index in [1.807, 2.05) is 0 Å². The molecule has 0 bridgehead atoms. The first-order valence-corrected chi connectivity index (χ1v) is 6.43. The van der Waals surface area contributed by atoms with E-state index in [9.17, 15) is 24.3 Å². The molecule has 2 amide bonds. The number of carbonyl (C=O) groups excluding carboxylic acids is 2. The number of imide groups is 1. The van der Waals surface area contributed by atoms with Gasteiger partial charge in [0, 0.05) is 19.9 Å². The zero-order valence-corrected chi connectivity index (χ0v) is 11.5. The number of β-amino-alcohol motifs (C(OH)–C–C–N with tert-alkyl or cyclic N) is 1. The average Bonchev–Trinajstić information content (AvgIpc) is 2.79. The van der Waals surface area contributed by atoms with E-state index in [2.05, 4.69) is 5.32 Å². The zero-order chi connectivity index (χ0) is 16.2. The van der Waals surface area contributed by atoms with Crippen LogP contribution in [0.1, 0.15) is 26.2 Å². The van der Waals surface area contributed by atoms with Gasteiger partial charge in [-0.1, -0.05) is 0 Å². The van der Waals surface area contributed by atoms with Crippen LogP contribution in [0.5, 0.6) is 0 Å². The molecule has 0 saturated carbocycles. The van der Waals surface area contributed by atoms with E-state index in [0.717, 1.165) is 6.92 Å². The van der Waals surface area contributed by atoms with Crippen molar-refractivity contribution in [3.8, 4) is 0 Å². The molecule has 0 aromatic heterocycles. The van der Waals surface area contributed by atoms with Crippen LogP contribution in [0.3, 0.4) is 0 Å². The van der Waals surface area contributed by atoms with Crippen molar-refractivity contribution in [1.29, 1.82) is 0 Å². The number of nitrogens with zero attached hydrogens (tertiary/aromatic N) is 1. The first kappa shape index (κ1) is 17.1. The predicted molar refractivity (Wildman–Crippen MR) is 68.2 cm³/mol. The second-order valence-corrected chi connectivity index (χ2v) is 4.86. The molecule has 0 aromatic rings. The normalized spacial score (nSPS) is 22.6. The van der Waals surface area contributed by atoms with Crippen LogP contribution in [-0.2, 0) is 19.2 Å². The number of aliphatic carboxylic acids is 2. The summed E-state index contributed by atoms with van der Waals surface area (Å²) in [6.07, 6.45) is -1.51. The Kier molecular flexibility index (Phi) is 5.79.